The van der Waals surface area contributed by atoms with Crippen LogP contribution in [0.3, 0.4) is 0 Å². The number of tetrazole rings is 1. The number of carbonyl (C=O) groups is 1. The van der Waals surface area contributed by atoms with Gasteiger partial charge in [-0.1, -0.05) is 0 Å². The summed E-state index contributed by atoms with van der Waals surface area (Å²) < 4.78 is 6.01. The summed E-state index contributed by atoms with van der Waals surface area (Å²) in [5.74, 6) is 0.701. The zero-order valence-electron chi connectivity index (χ0n) is 6.10. The predicted octanol–water partition coefficient (Wildman–Crippen LogP) is -1.07. The van der Waals surface area contributed by atoms with Crippen LogP contribution in [0.15, 0.2) is 0 Å². The third-order valence-electron chi connectivity index (χ3n) is 1.22. The molecule has 0 aliphatic rings. The summed E-state index contributed by atoms with van der Waals surface area (Å²) in [5.41, 5.74) is 0. The Kier molecular flexibility index (Phi) is 2.53. The summed E-state index contributed by atoms with van der Waals surface area (Å²) >= 11 is 0. The third kappa shape index (κ3) is 1.99. The van der Waals surface area contributed by atoms with Crippen LogP contribution in [0.5, 0.6) is 0 Å². The minimum atomic E-state index is 0.317. The molecule has 11 heavy (non-hydrogen) atoms. The number of aromatic nitrogens is 4. The second kappa shape index (κ2) is 3.65. The van der Waals surface area contributed by atoms with Crippen molar-refractivity contribution in [1.82, 2.24) is 20.2 Å². The van der Waals surface area contributed by atoms with E-state index >= 15 is 0 Å². The molecule has 0 aromatic carbocycles. The summed E-state index contributed by atoms with van der Waals surface area (Å²) in [6.07, 6.45) is 0.544. The number of nitrogens with zero attached hydrogens (tertiary/aromatic N) is 4. The molecule has 0 bridgehead atoms. The molecule has 0 radical (unpaired) electrons. The third-order valence-corrected chi connectivity index (χ3v) is 1.22. The molecule has 1 aromatic rings. The van der Waals surface area contributed by atoms with Crippen LogP contribution in [0.4, 0.5) is 0 Å². The zero-order valence-corrected chi connectivity index (χ0v) is 6.10. The average Bonchev–Trinajstić information content (AvgIpc) is 2.37. The van der Waals surface area contributed by atoms with Crippen LogP contribution < -0.4 is 0 Å². The van der Waals surface area contributed by atoms with E-state index in [-0.39, 0.29) is 0 Å². The van der Waals surface area contributed by atoms with Gasteiger partial charge in [-0.15, -0.1) is 5.10 Å². The molecular formula is C5H8N4O2. The first-order chi connectivity index (χ1) is 5.34. The summed E-state index contributed by atoms with van der Waals surface area (Å²) in [5, 5.41) is 10.7. The van der Waals surface area contributed by atoms with Gasteiger partial charge in [0.15, 0.2) is 5.82 Å². The highest BCUT2D eigenvalue weighted by molar-refractivity contribution is 5.36. The van der Waals surface area contributed by atoms with Crippen molar-refractivity contribution >= 4 is 6.47 Å². The van der Waals surface area contributed by atoms with E-state index in [1.165, 1.54) is 4.68 Å². The number of ether oxygens (including phenoxy) is 1. The van der Waals surface area contributed by atoms with Crippen molar-refractivity contribution in [3.05, 3.63) is 5.82 Å². The van der Waals surface area contributed by atoms with Crippen LogP contribution in [-0.4, -0.2) is 33.3 Å². The summed E-state index contributed by atoms with van der Waals surface area (Å²) in [6, 6.07) is 0. The Bertz CT molecular complexity index is 234. The molecule has 6 nitrogen and oxygen atoms in total. The maximum Gasteiger partial charge on any atom is 0.293 e. The Morgan fingerprint density at radius 1 is 1.73 bits per heavy atom. The average molecular weight is 156 g/mol. The number of carbonyl (C=O) groups excluding carboxylic acids is 1. The van der Waals surface area contributed by atoms with Crippen molar-refractivity contribution in [3.63, 3.8) is 0 Å². The number of hydrogen-bond donors (Lipinski definition) is 0. The molecule has 0 fully saturated rings. The Hall–Kier alpha value is -1.46. The van der Waals surface area contributed by atoms with Crippen LogP contribution in [0.1, 0.15) is 5.82 Å². The lowest BCUT2D eigenvalue weighted by Crippen LogP contribution is -2.04. The van der Waals surface area contributed by atoms with Gasteiger partial charge in [0.05, 0.1) is 6.61 Å². The first-order valence-electron chi connectivity index (χ1n) is 3.11. The molecule has 1 rings (SSSR count). The molecule has 0 unspecified atom stereocenters. The van der Waals surface area contributed by atoms with E-state index in [2.05, 4.69) is 20.3 Å². The van der Waals surface area contributed by atoms with Crippen molar-refractivity contribution in [1.29, 1.82) is 0 Å². The minimum absolute atomic E-state index is 0.317. The van der Waals surface area contributed by atoms with E-state index in [9.17, 15) is 4.79 Å². The van der Waals surface area contributed by atoms with Crippen LogP contribution in [0.2, 0.25) is 0 Å². The quantitative estimate of drug-likeness (QED) is 0.410. The van der Waals surface area contributed by atoms with Crippen LogP contribution in [0, 0.1) is 0 Å². The van der Waals surface area contributed by atoms with Crippen molar-refractivity contribution in [2.45, 2.75) is 6.42 Å². The molecular weight excluding hydrogens is 148 g/mol. The highest BCUT2D eigenvalue weighted by Crippen LogP contribution is 1.89. The molecule has 60 valence electrons. The van der Waals surface area contributed by atoms with Gasteiger partial charge in [-0.05, 0) is 10.4 Å². The molecule has 0 atom stereocenters. The predicted molar refractivity (Wildman–Crippen MR) is 34.5 cm³/mol. The van der Waals surface area contributed by atoms with Gasteiger partial charge in [-0.25, -0.2) is 4.68 Å². The molecule has 0 aliphatic heterocycles. The molecule has 0 saturated heterocycles. The molecule has 1 aromatic heterocycles. The number of rotatable bonds is 4. The normalized spacial score (nSPS) is 9.55. The maximum atomic E-state index is 9.74. The van der Waals surface area contributed by atoms with Gasteiger partial charge in [-0.3, -0.25) is 4.79 Å². The zero-order chi connectivity index (χ0) is 8.10. The standard InChI is InChI=1S/C5H8N4O2/c1-9-5(6-7-8-9)2-3-11-4-10/h4H,2-3H2,1H3. The Labute approximate surface area is 63.1 Å². The van der Waals surface area contributed by atoms with Gasteiger partial charge in [0.2, 0.25) is 0 Å². The number of hydrogen-bond acceptors (Lipinski definition) is 5. The highest BCUT2D eigenvalue weighted by Gasteiger charge is 2.00. The summed E-state index contributed by atoms with van der Waals surface area (Å²) in [6.45, 7) is 0.724. The second-order valence-corrected chi connectivity index (χ2v) is 1.94. The summed E-state index contributed by atoms with van der Waals surface area (Å²) in [7, 11) is 1.73. The van der Waals surface area contributed by atoms with E-state index in [0.717, 1.165) is 0 Å². The fraction of sp³-hybridized carbons (Fsp3) is 0.600. The van der Waals surface area contributed by atoms with E-state index in [4.69, 9.17) is 0 Å². The molecule has 0 amide bonds. The fourth-order valence-corrected chi connectivity index (χ4v) is 0.658. The van der Waals surface area contributed by atoms with E-state index < -0.39 is 0 Å². The van der Waals surface area contributed by atoms with Crippen LogP contribution in [-0.2, 0) is 23.0 Å². The van der Waals surface area contributed by atoms with Crippen LogP contribution >= 0.6 is 0 Å². The van der Waals surface area contributed by atoms with E-state index in [1.807, 2.05) is 0 Å². The largest absolute Gasteiger partial charge is 0.467 e. The van der Waals surface area contributed by atoms with Crippen molar-refractivity contribution in [2.24, 2.45) is 7.05 Å². The lowest BCUT2D eigenvalue weighted by molar-refractivity contribution is -0.128. The van der Waals surface area contributed by atoms with Gasteiger partial charge < -0.3 is 4.74 Å². The lowest BCUT2D eigenvalue weighted by atomic mass is 10.4. The van der Waals surface area contributed by atoms with Gasteiger partial charge in [0.1, 0.15) is 0 Å². The van der Waals surface area contributed by atoms with Crippen molar-refractivity contribution < 1.29 is 9.53 Å². The van der Waals surface area contributed by atoms with Crippen molar-refractivity contribution in [2.75, 3.05) is 6.61 Å². The Balaban J connectivity index is 2.38. The van der Waals surface area contributed by atoms with Crippen LogP contribution in [0.25, 0.3) is 0 Å². The smallest absolute Gasteiger partial charge is 0.293 e. The molecule has 0 spiro atoms. The van der Waals surface area contributed by atoms with Gasteiger partial charge in [0.25, 0.3) is 6.47 Å². The summed E-state index contributed by atoms with van der Waals surface area (Å²) in [4.78, 5) is 9.74. The maximum absolute atomic E-state index is 9.74. The topological polar surface area (TPSA) is 69.9 Å². The highest BCUT2D eigenvalue weighted by atomic mass is 16.5. The minimum Gasteiger partial charge on any atom is -0.467 e. The monoisotopic (exact) mass is 156 g/mol. The number of aryl methyl sites for hydroxylation is 1. The van der Waals surface area contributed by atoms with Gasteiger partial charge in [-0.2, -0.15) is 0 Å². The molecule has 0 saturated carbocycles. The fourth-order valence-electron chi connectivity index (χ4n) is 0.658. The molecule has 6 heteroatoms. The SMILES string of the molecule is Cn1nnnc1CCOC=O. The first-order valence-corrected chi connectivity index (χ1v) is 3.11. The van der Waals surface area contributed by atoms with Crippen molar-refractivity contribution in [3.8, 4) is 0 Å². The second-order valence-electron chi connectivity index (χ2n) is 1.94. The Morgan fingerprint density at radius 2 is 2.55 bits per heavy atom. The van der Waals surface area contributed by atoms with E-state index in [0.29, 0.717) is 25.3 Å². The van der Waals surface area contributed by atoms with Gasteiger partial charge in [0, 0.05) is 13.5 Å². The molecule has 0 aliphatic carbocycles. The Morgan fingerprint density at radius 3 is 3.09 bits per heavy atom. The molecule has 0 N–H and O–H groups in total. The van der Waals surface area contributed by atoms with E-state index in [1.54, 1.807) is 7.05 Å². The lowest BCUT2D eigenvalue weighted by Gasteiger charge is -1.95. The molecule has 1 heterocycles. The first kappa shape index (κ1) is 7.64. The van der Waals surface area contributed by atoms with Gasteiger partial charge >= 0.3 is 0 Å².